The lowest BCUT2D eigenvalue weighted by molar-refractivity contribution is 0.0532. The van der Waals surface area contributed by atoms with Crippen LogP contribution in [0.15, 0.2) is 22.7 Å². The molecular formula is C12H13BrN2O. The smallest absolute Gasteiger partial charge is 0.103 e. The van der Waals surface area contributed by atoms with E-state index in [2.05, 4.69) is 33.8 Å². The molecule has 1 aromatic rings. The van der Waals surface area contributed by atoms with Crippen molar-refractivity contribution in [3.63, 3.8) is 0 Å². The van der Waals surface area contributed by atoms with Crippen molar-refractivity contribution < 1.29 is 4.74 Å². The normalized spacial score (nSPS) is 20.6. The highest BCUT2D eigenvalue weighted by molar-refractivity contribution is 9.10. The van der Waals surface area contributed by atoms with Crippen LogP contribution in [-0.2, 0) is 4.74 Å². The summed E-state index contributed by atoms with van der Waals surface area (Å²) in [5.41, 5.74) is 1.70. The van der Waals surface area contributed by atoms with Gasteiger partial charge in [0.25, 0.3) is 0 Å². The third-order valence-corrected chi connectivity index (χ3v) is 3.35. The van der Waals surface area contributed by atoms with Crippen molar-refractivity contribution in [2.75, 3.05) is 24.6 Å². The van der Waals surface area contributed by atoms with Crippen molar-refractivity contribution in [1.82, 2.24) is 0 Å². The molecule has 4 heteroatoms. The zero-order chi connectivity index (χ0) is 11.5. The summed E-state index contributed by atoms with van der Waals surface area (Å²) in [4.78, 5) is 2.21. The average Bonchev–Trinajstić information content (AvgIpc) is 2.28. The van der Waals surface area contributed by atoms with Gasteiger partial charge in [0.05, 0.1) is 24.0 Å². The van der Waals surface area contributed by atoms with E-state index < -0.39 is 0 Å². The van der Waals surface area contributed by atoms with Crippen LogP contribution in [0.25, 0.3) is 0 Å². The lowest BCUT2D eigenvalue weighted by Crippen LogP contribution is -2.41. The van der Waals surface area contributed by atoms with Crippen molar-refractivity contribution in [2.24, 2.45) is 0 Å². The molecule has 1 atom stereocenters. The van der Waals surface area contributed by atoms with E-state index in [0.717, 1.165) is 29.9 Å². The van der Waals surface area contributed by atoms with E-state index in [1.807, 2.05) is 18.2 Å². The van der Waals surface area contributed by atoms with E-state index in [-0.39, 0.29) is 6.10 Å². The highest BCUT2D eigenvalue weighted by atomic mass is 79.9. The minimum absolute atomic E-state index is 0.222. The number of morpholine rings is 1. The minimum atomic E-state index is 0.222. The second kappa shape index (κ2) is 4.86. The molecule has 1 unspecified atom stereocenters. The van der Waals surface area contributed by atoms with Crippen LogP contribution in [0, 0.1) is 11.3 Å². The molecule has 16 heavy (non-hydrogen) atoms. The molecule has 0 spiro atoms. The van der Waals surface area contributed by atoms with Gasteiger partial charge < -0.3 is 9.64 Å². The van der Waals surface area contributed by atoms with E-state index in [4.69, 9.17) is 10.00 Å². The van der Waals surface area contributed by atoms with Crippen molar-refractivity contribution in [3.8, 4) is 6.07 Å². The summed E-state index contributed by atoms with van der Waals surface area (Å²) in [7, 11) is 0. The predicted molar refractivity (Wildman–Crippen MR) is 66.5 cm³/mol. The summed E-state index contributed by atoms with van der Waals surface area (Å²) in [6, 6.07) is 8.09. The first-order chi connectivity index (χ1) is 7.72. The summed E-state index contributed by atoms with van der Waals surface area (Å²) in [5, 5.41) is 9.16. The number of halogens is 1. The van der Waals surface area contributed by atoms with Gasteiger partial charge in [0, 0.05) is 17.6 Å². The molecule has 0 saturated carbocycles. The number of rotatable bonds is 1. The second-order valence-corrected chi connectivity index (χ2v) is 4.73. The first-order valence-corrected chi connectivity index (χ1v) is 6.07. The second-order valence-electron chi connectivity index (χ2n) is 3.87. The number of benzene rings is 1. The van der Waals surface area contributed by atoms with Gasteiger partial charge in [-0.15, -0.1) is 0 Å². The van der Waals surface area contributed by atoms with Crippen molar-refractivity contribution in [3.05, 3.63) is 28.2 Å². The van der Waals surface area contributed by atoms with Crippen LogP contribution in [0.3, 0.4) is 0 Å². The monoisotopic (exact) mass is 280 g/mol. The Hall–Kier alpha value is -1.05. The highest BCUT2D eigenvalue weighted by Crippen LogP contribution is 2.28. The van der Waals surface area contributed by atoms with Gasteiger partial charge >= 0.3 is 0 Å². The Morgan fingerprint density at radius 2 is 2.38 bits per heavy atom. The SMILES string of the molecule is CC1CN(c2cccc(Br)c2C#N)CCO1. The van der Waals surface area contributed by atoms with E-state index in [9.17, 15) is 0 Å². The Kier molecular flexibility index (Phi) is 3.47. The van der Waals surface area contributed by atoms with Crippen LogP contribution in [0.2, 0.25) is 0 Å². The standard InChI is InChI=1S/C12H13BrN2O/c1-9-8-15(5-6-16-9)12-4-2-3-11(13)10(12)7-14/h2-4,9H,5-6,8H2,1H3. The number of anilines is 1. The molecule has 1 aromatic carbocycles. The van der Waals surface area contributed by atoms with Crippen molar-refractivity contribution in [1.29, 1.82) is 5.26 Å². The number of nitriles is 1. The first kappa shape index (κ1) is 11.4. The number of hydrogen-bond acceptors (Lipinski definition) is 3. The molecular weight excluding hydrogens is 268 g/mol. The maximum absolute atomic E-state index is 9.16. The third kappa shape index (κ3) is 2.21. The molecule has 1 heterocycles. The fourth-order valence-electron chi connectivity index (χ4n) is 1.92. The lowest BCUT2D eigenvalue weighted by Gasteiger charge is -2.33. The quantitative estimate of drug-likeness (QED) is 0.793. The largest absolute Gasteiger partial charge is 0.375 e. The van der Waals surface area contributed by atoms with Crippen LogP contribution in [0.1, 0.15) is 12.5 Å². The lowest BCUT2D eigenvalue weighted by atomic mass is 10.1. The zero-order valence-electron chi connectivity index (χ0n) is 9.11. The molecule has 1 fully saturated rings. The van der Waals surface area contributed by atoms with Gasteiger partial charge in [-0.2, -0.15) is 5.26 Å². The Balaban J connectivity index is 2.33. The van der Waals surface area contributed by atoms with Gasteiger partial charge in [-0.25, -0.2) is 0 Å². The van der Waals surface area contributed by atoms with Crippen LogP contribution >= 0.6 is 15.9 Å². The van der Waals surface area contributed by atoms with Gasteiger partial charge in [0.2, 0.25) is 0 Å². The topological polar surface area (TPSA) is 36.3 Å². The summed E-state index contributed by atoms with van der Waals surface area (Å²) < 4.78 is 6.35. The van der Waals surface area contributed by atoms with Crippen LogP contribution in [-0.4, -0.2) is 25.8 Å². The molecule has 0 N–H and O–H groups in total. The molecule has 1 saturated heterocycles. The Morgan fingerprint density at radius 3 is 3.06 bits per heavy atom. The van der Waals surface area contributed by atoms with Gasteiger partial charge in [0.15, 0.2) is 0 Å². The first-order valence-electron chi connectivity index (χ1n) is 5.27. The van der Waals surface area contributed by atoms with E-state index in [1.165, 1.54) is 0 Å². The maximum atomic E-state index is 9.16. The minimum Gasteiger partial charge on any atom is -0.375 e. The molecule has 0 amide bonds. The molecule has 0 radical (unpaired) electrons. The molecule has 84 valence electrons. The van der Waals surface area contributed by atoms with Crippen LogP contribution in [0.5, 0.6) is 0 Å². The van der Waals surface area contributed by atoms with Crippen molar-refractivity contribution >= 4 is 21.6 Å². The molecule has 1 aliphatic heterocycles. The number of nitrogens with zero attached hydrogens (tertiary/aromatic N) is 2. The summed E-state index contributed by atoms with van der Waals surface area (Å²) >= 11 is 3.41. The van der Waals surface area contributed by atoms with Crippen molar-refractivity contribution in [2.45, 2.75) is 13.0 Å². The molecule has 0 aliphatic carbocycles. The van der Waals surface area contributed by atoms with Gasteiger partial charge in [-0.05, 0) is 35.0 Å². The number of ether oxygens (including phenoxy) is 1. The van der Waals surface area contributed by atoms with E-state index in [1.54, 1.807) is 0 Å². The number of hydrogen-bond donors (Lipinski definition) is 0. The van der Waals surface area contributed by atoms with Gasteiger partial charge in [0.1, 0.15) is 6.07 Å². The molecule has 3 nitrogen and oxygen atoms in total. The molecule has 0 aromatic heterocycles. The summed E-state index contributed by atoms with van der Waals surface area (Å²) in [5.74, 6) is 0. The highest BCUT2D eigenvalue weighted by Gasteiger charge is 2.20. The van der Waals surface area contributed by atoms with E-state index >= 15 is 0 Å². The van der Waals surface area contributed by atoms with Crippen LogP contribution < -0.4 is 4.90 Å². The fraction of sp³-hybridized carbons (Fsp3) is 0.417. The van der Waals surface area contributed by atoms with Crippen LogP contribution in [0.4, 0.5) is 5.69 Å². The summed E-state index contributed by atoms with van der Waals surface area (Å²) in [6.45, 7) is 4.45. The Bertz CT molecular complexity index is 428. The maximum Gasteiger partial charge on any atom is 0.103 e. The van der Waals surface area contributed by atoms with Gasteiger partial charge in [-0.1, -0.05) is 6.07 Å². The fourth-order valence-corrected chi connectivity index (χ4v) is 2.37. The Labute approximate surface area is 104 Å². The average molecular weight is 281 g/mol. The molecule has 2 rings (SSSR count). The molecule has 1 aliphatic rings. The van der Waals surface area contributed by atoms with E-state index in [0.29, 0.717) is 5.56 Å². The zero-order valence-corrected chi connectivity index (χ0v) is 10.7. The third-order valence-electron chi connectivity index (χ3n) is 2.69. The Morgan fingerprint density at radius 1 is 1.56 bits per heavy atom. The van der Waals surface area contributed by atoms with Gasteiger partial charge in [-0.3, -0.25) is 0 Å². The summed E-state index contributed by atoms with van der Waals surface area (Å²) in [6.07, 6.45) is 0.222. The predicted octanol–water partition coefficient (Wildman–Crippen LogP) is 2.55. The molecule has 0 bridgehead atoms.